The van der Waals surface area contributed by atoms with Crippen molar-refractivity contribution in [1.29, 1.82) is 0 Å². The topological polar surface area (TPSA) is 74.6 Å². The van der Waals surface area contributed by atoms with Crippen LogP contribution < -0.4 is 10.6 Å². The van der Waals surface area contributed by atoms with Gasteiger partial charge in [-0.15, -0.1) is 24.0 Å². The third-order valence-electron chi connectivity index (χ3n) is 4.16. The van der Waals surface area contributed by atoms with Gasteiger partial charge in [0, 0.05) is 45.5 Å². The molecule has 0 spiro atoms. The van der Waals surface area contributed by atoms with Crippen LogP contribution in [-0.4, -0.2) is 53.2 Å². The highest BCUT2D eigenvalue weighted by Gasteiger charge is 2.27. The van der Waals surface area contributed by atoms with E-state index in [2.05, 4.69) is 40.7 Å². The van der Waals surface area contributed by atoms with Crippen molar-refractivity contribution in [3.05, 3.63) is 17.5 Å². The maximum Gasteiger partial charge on any atom is 0.227 e. The number of guanidine groups is 1. The lowest BCUT2D eigenvalue weighted by Crippen LogP contribution is -2.42. The van der Waals surface area contributed by atoms with Crippen LogP contribution in [0.1, 0.15) is 58.7 Å². The van der Waals surface area contributed by atoms with E-state index in [1.54, 1.807) is 0 Å². The second-order valence-corrected chi connectivity index (χ2v) is 7.64. The first-order chi connectivity index (χ1) is 12.1. The summed E-state index contributed by atoms with van der Waals surface area (Å²) in [5.74, 6) is 1.19. The Kier molecular flexibility index (Phi) is 10.9. The van der Waals surface area contributed by atoms with Crippen LogP contribution in [0.3, 0.4) is 0 Å². The summed E-state index contributed by atoms with van der Waals surface area (Å²) >= 11 is 0. The predicted molar refractivity (Wildman–Crippen MR) is 123 cm³/mol. The van der Waals surface area contributed by atoms with Gasteiger partial charge in [0.25, 0.3) is 0 Å². The van der Waals surface area contributed by atoms with Crippen molar-refractivity contribution in [3.63, 3.8) is 0 Å². The van der Waals surface area contributed by atoms with Crippen molar-refractivity contribution >= 4 is 35.8 Å². The first-order valence-corrected chi connectivity index (χ1v) is 9.42. The zero-order chi connectivity index (χ0) is 19.9. The fraction of sp³-hybridized carbons (Fsp3) is 0.737. The van der Waals surface area contributed by atoms with Crippen molar-refractivity contribution in [2.24, 2.45) is 17.5 Å². The summed E-state index contributed by atoms with van der Waals surface area (Å²) in [5.41, 5.74) is 1.76. The fourth-order valence-electron chi connectivity index (χ4n) is 2.71. The zero-order valence-electron chi connectivity index (χ0n) is 18.1. The van der Waals surface area contributed by atoms with E-state index in [9.17, 15) is 4.79 Å². The lowest BCUT2D eigenvalue weighted by atomic mass is 9.92. The standard InChI is InChI=1S/C19H36N6O.HI/c1-9-20-17(26)19(5,6)13-22-18(21-10-2)24(7)11-15-12-25(8)23-16(15)14(3)4;/h12,14H,9-11,13H2,1-8H3,(H,20,26)(H,21,22);1H. The summed E-state index contributed by atoms with van der Waals surface area (Å²) in [4.78, 5) is 19.0. The molecule has 0 saturated carbocycles. The molecule has 0 aliphatic rings. The Morgan fingerprint density at radius 3 is 2.41 bits per heavy atom. The Balaban J connectivity index is 0.00000676. The SMILES string of the molecule is CCNC(=O)C(C)(C)CN=C(NCC)N(C)Cc1cn(C)nc1C(C)C.I. The molecule has 1 aromatic heterocycles. The number of nitrogens with zero attached hydrogens (tertiary/aromatic N) is 4. The second-order valence-electron chi connectivity index (χ2n) is 7.64. The van der Waals surface area contributed by atoms with E-state index in [-0.39, 0.29) is 29.9 Å². The number of carbonyl (C=O) groups excluding carboxylic acids is 1. The molecule has 2 N–H and O–H groups in total. The highest BCUT2D eigenvalue weighted by atomic mass is 127. The Morgan fingerprint density at radius 2 is 1.89 bits per heavy atom. The van der Waals surface area contributed by atoms with Gasteiger partial charge in [-0.25, -0.2) is 0 Å². The van der Waals surface area contributed by atoms with E-state index in [4.69, 9.17) is 4.99 Å². The highest BCUT2D eigenvalue weighted by molar-refractivity contribution is 14.0. The van der Waals surface area contributed by atoms with Crippen LogP contribution in [0.25, 0.3) is 0 Å². The molecule has 0 unspecified atom stereocenters. The number of aliphatic imine (C=N–C) groups is 1. The minimum atomic E-state index is -0.547. The van der Waals surface area contributed by atoms with Crippen LogP contribution in [0.15, 0.2) is 11.2 Å². The zero-order valence-corrected chi connectivity index (χ0v) is 20.4. The molecule has 1 heterocycles. The van der Waals surface area contributed by atoms with Gasteiger partial charge in [-0.3, -0.25) is 14.5 Å². The van der Waals surface area contributed by atoms with E-state index in [0.29, 0.717) is 19.0 Å². The van der Waals surface area contributed by atoms with Crippen LogP contribution in [0.4, 0.5) is 0 Å². The number of hydrogen-bond acceptors (Lipinski definition) is 3. The number of halogens is 1. The van der Waals surface area contributed by atoms with Crippen LogP contribution in [-0.2, 0) is 18.4 Å². The Hall–Kier alpha value is -1.32. The normalized spacial score (nSPS) is 12.0. The maximum atomic E-state index is 12.2. The molecule has 0 fully saturated rings. The smallest absolute Gasteiger partial charge is 0.227 e. The average Bonchev–Trinajstić information content (AvgIpc) is 2.92. The molecule has 1 amide bonds. The first kappa shape index (κ1) is 25.7. The first-order valence-electron chi connectivity index (χ1n) is 9.42. The molecular weight excluding hydrogens is 455 g/mol. The quantitative estimate of drug-likeness (QED) is 0.333. The van der Waals surface area contributed by atoms with Gasteiger partial charge in [-0.05, 0) is 33.6 Å². The second kappa shape index (κ2) is 11.5. The molecule has 1 rings (SSSR count). The van der Waals surface area contributed by atoms with Crippen LogP contribution >= 0.6 is 24.0 Å². The molecule has 27 heavy (non-hydrogen) atoms. The summed E-state index contributed by atoms with van der Waals surface area (Å²) in [6.45, 7) is 14.7. The fourth-order valence-corrected chi connectivity index (χ4v) is 2.71. The third-order valence-corrected chi connectivity index (χ3v) is 4.16. The average molecular weight is 492 g/mol. The summed E-state index contributed by atoms with van der Waals surface area (Å²) in [5, 5.41) is 10.8. The molecule has 0 atom stereocenters. The highest BCUT2D eigenvalue weighted by Crippen LogP contribution is 2.19. The lowest BCUT2D eigenvalue weighted by molar-refractivity contribution is -0.128. The van der Waals surface area contributed by atoms with Gasteiger partial charge in [-0.1, -0.05) is 13.8 Å². The van der Waals surface area contributed by atoms with E-state index >= 15 is 0 Å². The molecule has 0 bridgehead atoms. The summed E-state index contributed by atoms with van der Waals surface area (Å²) in [6.07, 6.45) is 2.06. The van der Waals surface area contributed by atoms with E-state index < -0.39 is 5.41 Å². The largest absolute Gasteiger partial charge is 0.357 e. The van der Waals surface area contributed by atoms with E-state index in [1.165, 1.54) is 5.56 Å². The van der Waals surface area contributed by atoms with Crippen molar-refractivity contribution in [1.82, 2.24) is 25.3 Å². The van der Waals surface area contributed by atoms with Gasteiger partial charge in [0.15, 0.2) is 5.96 Å². The van der Waals surface area contributed by atoms with E-state index in [0.717, 1.165) is 24.7 Å². The van der Waals surface area contributed by atoms with Gasteiger partial charge in [0.1, 0.15) is 0 Å². The Labute approximate surface area is 181 Å². The molecular formula is C19H37IN6O. The molecule has 156 valence electrons. The van der Waals surface area contributed by atoms with Crippen LogP contribution in [0.2, 0.25) is 0 Å². The minimum Gasteiger partial charge on any atom is -0.357 e. The van der Waals surface area contributed by atoms with Crippen molar-refractivity contribution < 1.29 is 4.79 Å². The molecule has 8 heteroatoms. The number of carbonyl (C=O) groups is 1. The summed E-state index contributed by atoms with van der Waals surface area (Å²) in [6, 6.07) is 0. The number of amides is 1. The Bertz CT molecular complexity index is 624. The molecule has 1 aromatic rings. The van der Waals surface area contributed by atoms with Gasteiger partial charge >= 0.3 is 0 Å². The Morgan fingerprint density at radius 1 is 1.30 bits per heavy atom. The van der Waals surface area contributed by atoms with Gasteiger partial charge in [0.2, 0.25) is 5.91 Å². The van der Waals surface area contributed by atoms with Crippen molar-refractivity contribution in [2.75, 3.05) is 26.7 Å². The molecule has 7 nitrogen and oxygen atoms in total. The molecule has 0 aliphatic heterocycles. The van der Waals surface area contributed by atoms with Gasteiger partial charge in [-0.2, -0.15) is 5.10 Å². The van der Waals surface area contributed by atoms with Crippen molar-refractivity contribution in [3.8, 4) is 0 Å². The van der Waals surface area contributed by atoms with Crippen molar-refractivity contribution in [2.45, 2.75) is 54.0 Å². The number of hydrogen-bond donors (Lipinski definition) is 2. The summed E-state index contributed by atoms with van der Waals surface area (Å²) < 4.78 is 1.86. The summed E-state index contributed by atoms with van der Waals surface area (Å²) in [7, 11) is 3.96. The lowest BCUT2D eigenvalue weighted by Gasteiger charge is -2.25. The van der Waals surface area contributed by atoms with E-state index in [1.807, 2.05) is 46.5 Å². The number of rotatable bonds is 8. The molecule has 0 radical (unpaired) electrons. The molecule has 0 aromatic carbocycles. The van der Waals surface area contributed by atoms with Gasteiger partial charge < -0.3 is 15.5 Å². The minimum absolute atomic E-state index is 0. The van der Waals surface area contributed by atoms with Crippen LogP contribution in [0, 0.1) is 5.41 Å². The van der Waals surface area contributed by atoms with Gasteiger partial charge in [0.05, 0.1) is 17.7 Å². The van der Waals surface area contributed by atoms with Crippen LogP contribution in [0.5, 0.6) is 0 Å². The number of aromatic nitrogens is 2. The molecule has 0 saturated heterocycles. The molecule has 0 aliphatic carbocycles. The number of nitrogens with one attached hydrogen (secondary N) is 2. The third kappa shape index (κ3) is 7.67. The monoisotopic (exact) mass is 492 g/mol. The maximum absolute atomic E-state index is 12.2. The number of aryl methyl sites for hydroxylation is 1. The predicted octanol–water partition coefficient (Wildman–Crippen LogP) is 2.72.